The lowest BCUT2D eigenvalue weighted by atomic mass is 10.1. The minimum atomic E-state index is 0.000926. The van der Waals surface area contributed by atoms with Crippen LogP contribution in [0.4, 0.5) is 5.69 Å². The van der Waals surface area contributed by atoms with Crippen LogP contribution in [0.15, 0.2) is 42.5 Å². The summed E-state index contributed by atoms with van der Waals surface area (Å²) in [5.41, 5.74) is 3.57. The second-order valence-corrected chi connectivity index (χ2v) is 5.55. The predicted octanol–water partition coefficient (Wildman–Crippen LogP) is 4.14. The van der Waals surface area contributed by atoms with E-state index in [1.54, 1.807) is 7.11 Å². The Kier molecular flexibility index (Phi) is 4.34. The summed E-state index contributed by atoms with van der Waals surface area (Å²) < 4.78 is 13.9. The molecule has 1 unspecified atom stereocenters. The van der Waals surface area contributed by atoms with Crippen LogP contribution in [-0.2, 0) is 4.74 Å². The number of hydrogen-bond donors (Lipinski definition) is 1. The Morgan fingerprint density at radius 1 is 1.19 bits per heavy atom. The Morgan fingerprint density at radius 2 is 2.00 bits per heavy atom. The van der Waals surface area contributed by atoms with Crippen molar-refractivity contribution in [2.24, 2.45) is 0 Å². The van der Waals surface area contributed by atoms with E-state index in [2.05, 4.69) is 26.2 Å². The Labute approximate surface area is 132 Å². The highest BCUT2D eigenvalue weighted by atomic mass is 35.5. The monoisotopic (exact) mass is 319 g/mol. The predicted molar refractivity (Wildman–Crippen MR) is 87.1 cm³/mol. The van der Waals surface area contributed by atoms with Crippen molar-refractivity contribution in [1.82, 2.24) is 8.75 Å². The Bertz CT molecular complexity index is 732. The van der Waals surface area contributed by atoms with Gasteiger partial charge >= 0.3 is 0 Å². The number of benzene rings is 2. The van der Waals surface area contributed by atoms with Gasteiger partial charge in [-0.1, -0.05) is 41.9 Å². The number of ether oxygens (including phenoxy) is 1. The van der Waals surface area contributed by atoms with Crippen molar-refractivity contribution in [1.29, 1.82) is 0 Å². The van der Waals surface area contributed by atoms with Gasteiger partial charge in [0.2, 0.25) is 0 Å². The van der Waals surface area contributed by atoms with Crippen molar-refractivity contribution in [3.05, 3.63) is 53.1 Å². The first kappa shape index (κ1) is 14.3. The van der Waals surface area contributed by atoms with E-state index in [-0.39, 0.29) is 6.04 Å². The fourth-order valence-electron chi connectivity index (χ4n) is 2.21. The van der Waals surface area contributed by atoms with Crippen LogP contribution in [0, 0.1) is 0 Å². The van der Waals surface area contributed by atoms with E-state index < -0.39 is 0 Å². The van der Waals surface area contributed by atoms with Gasteiger partial charge < -0.3 is 10.1 Å². The molecule has 0 spiro atoms. The number of nitrogens with one attached hydrogen (secondary N) is 1. The quantitative estimate of drug-likeness (QED) is 0.767. The Balaban J connectivity index is 1.98. The standard InChI is InChI=1S/C15H14ClN3OS/c1-20-9-13(10-5-3-2-4-6-10)17-14-11(16)7-8-12-15(14)19-21-18-12/h2-8,13,17H,9H2,1H3. The molecule has 0 aliphatic carbocycles. The third-order valence-corrected chi connectivity index (χ3v) is 4.09. The van der Waals surface area contributed by atoms with Crippen LogP contribution in [0.3, 0.4) is 0 Å². The molecule has 1 heterocycles. The largest absolute Gasteiger partial charge is 0.382 e. The second-order valence-electron chi connectivity index (χ2n) is 4.62. The zero-order chi connectivity index (χ0) is 14.7. The third kappa shape index (κ3) is 3.00. The second kappa shape index (κ2) is 6.39. The van der Waals surface area contributed by atoms with Gasteiger partial charge in [0.1, 0.15) is 11.0 Å². The summed E-state index contributed by atoms with van der Waals surface area (Å²) >= 11 is 7.51. The highest BCUT2D eigenvalue weighted by Gasteiger charge is 2.16. The van der Waals surface area contributed by atoms with Gasteiger partial charge in [-0.3, -0.25) is 0 Å². The van der Waals surface area contributed by atoms with Crippen molar-refractivity contribution >= 4 is 40.0 Å². The van der Waals surface area contributed by atoms with Crippen molar-refractivity contribution in [3.63, 3.8) is 0 Å². The first-order valence-electron chi connectivity index (χ1n) is 6.51. The van der Waals surface area contributed by atoms with E-state index >= 15 is 0 Å². The van der Waals surface area contributed by atoms with E-state index in [0.717, 1.165) is 22.3 Å². The maximum Gasteiger partial charge on any atom is 0.129 e. The van der Waals surface area contributed by atoms with Gasteiger partial charge in [-0.15, -0.1) is 0 Å². The molecule has 108 valence electrons. The summed E-state index contributed by atoms with van der Waals surface area (Å²) in [6.45, 7) is 0.536. The van der Waals surface area contributed by atoms with E-state index in [0.29, 0.717) is 11.6 Å². The number of rotatable bonds is 5. The molecule has 0 fully saturated rings. The topological polar surface area (TPSA) is 47.0 Å². The Morgan fingerprint density at radius 3 is 2.76 bits per heavy atom. The van der Waals surface area contributed by atoms with E-state index in [1.807, 2.05) is 30.3 Å². The van der Waals surface area contributed by atoms with Crippen molar-refractivity contribution < 1.29 is 4.74 Å². The number of hydrogen-bond acceptors (Lipinski definition) is 5. The zero-order valence-corrected chi connectivity index (χ0v) is 13.0. The zero-order valence-electron chi connectivity index (χ0n) is 11.4. The van der Waals surface area contributed by atoms with Crippen molar-refractivity contribution in [2.75, 3.05) is 19.0 Å². The average molecular weight is 320 g/mol. The summed E-state index contributed by atoms with van der Waals surface area (Å²) in [7, 11) is 1.68. The van der Waals surface area contributed by atoms with Crippen LogP contribution in [0.25, 0.3) is 11.0 Å². The number of methoxy groups -OCH3 is 1. The molecule has 0 aliphatic heterocycles. The minimum Gasteiger partial charge on any atom is -0.382 e. The molecular weight excluding hydrogens is 306 g/mol. The smallest absolute Gasteiger partial charge is 0.129 e. The van der Waals surface area contributed by atoms with Gasteiger partial charge in [-0.25, -0.2) is 0 Å². The number of aromatic nitrogens is 2. The molecule has 0 aliphatic rings. The highest BCUT2D eigenvalue weighted by Crippen LogP contribution is 2.32. The molecule has 0 radical (unpaired) electrons. The lowest BCUT2D eigenvalue weighted by molar-refractivity contribution is 0.186. The molecule has 1 N–H and O–H groups in total. The van der Waals surface area contributed by atoms with Crippen LogP contribution in [0.5, 0.6) is 0 Å². The van der Waals surface area contributed by atoms with Crippen molar-refractivity contribution in [2.45, 2.75) is 6.04 Å². The van der Waals surface area contributed by atoms with Gasteiger partial charge in [0, 0.05) is 7.11 Å². The summed E-state index contributed by atoms with van der Waals surface area (Å²) in [5.74, 6) is 0. The van der Waals surface area contributed by atoms with Crippen LogP contribution in [0.2, 0.25) is 5.02 Å². The first-order chi connectivity index (χ1) is 10.3. The summed E-state index contributed by atoms with van der Waals surface area (Å²) in [6, 6.07) is 13.8. The average Bonchev–Trinajstić information content (AvgIpc) is 2.99. The molecular formula is C15H14ClN3OS. The molecule has 6 heteroatoms. The number of halogens is 1. The SMILES string of the molecule is COCC(Nc1c(Cl)ccc2nsnc12)c1ccccc1. The highest BCUT2D eigenvalue weighted by molar-refractivity contribution is 7.00. The molecule has 1 atom stereocenters. The Hall–Kier alpha value is -1.69. The van der Waals surface area contributed by atoms with Gasteiger partial charge in [0.15, 0.2) is 0 Å². The number of anilines is 1. The lowest BCUT2D eigenvalue weighted by Gasteiger charge is -2.20. The van der Waals surface area contributed by atoms with E-state index in [1.165, 1.54) is 11.7 Å². The van der Waals surface area contributed by atoms with Gasteiger partial charge in [-0.2, -0.15) is 8.75 Å². The van der Waals surface area contributed by atoms with Gasteiger partial charge in [-0.05, 0) is 17.7 Å². The molecule has 0 bridgehead atoms. The first-order valence-corrected chi connectivity index (χ1v) is 7.61. The van der Waals surface area contributed by atoms with Crippen molar-refractivity contribution in [3.8, 4) is 0 Å². The summed E-state index contributed by atoms with van der Waals surface area (Å²) in [5, 5.41) is 4.07. The van der Waals surface area contributed by atoms with Crippen LogP contribution in [0.1, 0.15) is 11.6 Å². The van der Waals surface area contributed by atoms with Crippen LogP contribution >= 0.6 is 23.3 Å². The molecule has 0 amide bonds. The number of fused-ring (bicyclic) bond motifs is 1. The third-order valence-electron chi connectivity index (χ3n) is 3.23. The fourth-order valence-corrected chi connectivity index (χ4v) is 2.96. The van der Waals surface area contributed by atoms with Crippen LogP contribution < -0.4 is 5.32 Å². The van der Waals surface area contributed by atoms with Crippen LogP contribution in [-0.4, -0.2) is 22.5 Å². The minimum absolute atomic E-state index is 0.000926. The molecule has 2 aromatic carbocycles. The summed E-state index contributed by atoms with van der Waals surface area (Å²) in [4.78, 5) is 0. The molecule has 3 rings (SSSR count). The molecule has 3 aromatic rings. The lowest BCUT2D eigenvalue weighted by Crippen LogP contribution is -2.16. The normalized spacial score (nSPS) is 12.5. The maximum atomic E-state index is 6.33. The van der Waals surface area contributed by atoms with Gasteiger partial charge in [0.25, 0.3) is 0 Å². The molecule has 21 heavy (non-hydrogen) atoms. The fraction of sp³-hybridized carbons (Fsp3) is 0.200. The molecule has 0 saturated heterocycles. The molecule has 4 nitrogen and oxygen atoms in total. The summed E-state index contributed by atoms with van der Waals surface area (Å²) in [6.07, 6.45) is 0. The van der Waals surface area contributed by atoms with Gasteiger partial charge in [0.05, 0.1) is 35.1 Å². The molecule has 0 saturated carbocycles. The van der Waals surface area contributed by atoms with E-state index in [4.69, 9.17) is 16.3 Å². The van der Waals surface area contributed by atoms with E-state index in [9.17, 15) is 0 Å². The number of nitrogens with zero attached hydrogens (tertiary/aromatic N) is 2. The maximum absolute atomic E-state index is 6.33. The molecule has 1 aromatic heterocycles.